The van der Waals surface area contributed by atoms with Gasteiger partial charge in [0.2, 0.25) is 0 Å². The van der Waals surface area contributed by atoms with Crippen LogP contribution in [0.1, 0.15) is 42.5 Å². The van der Waals surface area contributed by atoms with Crippen LogP contribution in [0.25, 0.3) is 0 Å². The number of amides is 1. The first-order valence-corrected chi connectivity index (χ1v) is 8.49. The minimum atomic E-state index is -0.258. The molecule has 1 fully saturated rings. The molecular weight excluding hydrogens is 312 g/mol. The summed E-state index contributed by atoms with van der Waals surface area (Å²) in [6.45, 7) is 4.06. The Bertz CT molecular complexity index is 690. The summed E-state index contributed by atoms with van der Waals surface area (Å²) < 4.78 is 5.46. The van der Waals surface area contributed by atoms with Crippen molar-refractivity contribution in [2.75, 3.05) is 23.3 Å². The maximum absolute atomic E-state index is 12.2. The molecule has 0 atom stereocenters. The molecule has 2 aromatic rings. The lowest BCUT2D eigenvalue weighted by atomic mass is 10.1. The first-order valence-electron chi connectivity index (χ1n) is 8.12. The van der Waals surface area contributed by atoms with Crippen molar-refractivity contribution in [3.63, 3.8) is 0 Å². The van der Waals surface area contributed by atoms with Crippen molar-refractivity contribution in [2.45, 2.75) is 32.6 Å². The molecule has 1 amide bonds. The Labute approximate surface area is 141 Å². The monoisotopic (exact) mass is 332 g/mol. The summed E-state index contributed by atoms with van der Waals surface area (Å²) in [5.74, 6) is 0.859. The second-order valence-electron chi connectivity index (χ2n) is 5.79. The van der Waals surface area contributed by atoms with Gasteiger partial charge in [-0.25, -0.2) is 0 Å². The summed E-state index contributed by atoms with van der Waals surface area (Å²) in [7, 11) is 0. The summed E-state index contributed by atoms with van der Waals surface area (Å²) in [6, 6.07) is 9.17. The summed E-state index contributed by atoms with van der Waals surface area (Å²) in [5, 5.41) is 3.50. The maximum Gasteiger partial charge on any atom is 0.291 e. The number of halogens is 1. The Balaban J connectivity index is 1.71. The molecule has 5 heteroatoms. The van der Waals surface area contributed by atoms with E-state index < -0.39 is 0 Å². The summed E-state index contributed by atoms with van der Waals surface area (Å²) >= 11 is 6.40. The molecule has 0 radical (unpaired) electrons. The number of piperidine rings is 1. The van der Waals surface area contributed by atoms with Gasteiger partial charge in [-0.15, -0.1) is 0 Å². The smallest absolute Gasteiger partial charge is 0.291 e. The van der Waals surface area contributed by atoms with Crippen molar-refractivity contribution in [3.05, 3.63) is 46.9 Å². The first kappa shape index (κ1) is 15.9. The van der Waals surface area contributed by atoms with Crippen LogP contribution in [-0.4, -0.2) is 19.0 Å². The molecule has 0 saturated carbocycles. The van der Waals surface area contributed by atoms with Gasteiger partial charge in [0, 0.05) is 25.2 Å². The second-order valence-corrected chi connectivity index (χ2v) is 6.19. The van der Waals surface area contributed by atoms with Crippen LogP contribution in [0.3, 0.4) is 0 Å². The maximum atomic E-state index is 12.2. The fourth-order valence-electron chi connectivity index (χ4n) is 2.86. The Morgan fingerprint density at radius 3 is 2.65 bits per heavy atom. The van der Waals surface area contributed by atoms with Crippen molar-refractivity contribution in [1.29, 1.82) is 0 Å². The van der Waals surface area contributed by atoms with Crippen molar-refractivity contribution in [1.82, 2.24) is 0 Å². The zero-order valence-electron chi connectivity index (χ0n) is 13.3. The van der Waals surface area contributed by atoms with Gasteiger partial charge in [-0.3, -0.25) is 4.79 Å². The van der Waals surface area contributed by atoms with E-state index in [0.29, 0.717) is 16.5 Å². The van der Waals surface area contributed by atoms with E-state index in [1.54, 1.807) is 12.1 Å². The van der Waals surface area contributed by atoms with E-state index in [-0.39, 0.29) is 5.91 Å². The van der Waals surface area contributed by atoms with Crippen LogP contribution < -0.4 is 10.2 Å². The van der Waals surface area contributed by atoms with Crippen molar-refractivity contribution in [2.24, 2.45) is 0 Å². The number of rotatable bonds is 4. The van der Waals surface area contributed by atoms with Gasteiger partial charge in [-0.1, -0.05) is 18.5 Å². The van der Waals surface area contributed by atoms with Crippen LogP contribution in [0.2, 0.25) is 5.02 Å². The number of benzene rings is 1. The standard InChI is InChI=1S/C18H21ClN2O2/c1-2-14-7-9-17(23-14)18(22)20-13-6-8-16(15(19)12-13)21-10-4-3-5-11-21/h6-9,12H,2-5,10-11H2,1H3,(H,20,22). The van der Waals surface area contributed by atoms with E-state index in [9.17, 15) is 4.79 Å². The Morgan fingerprint density at radius 2 is 2.00 bits per heavy atom. The molecule has 2 heterocycles. The van der Waals surface area contributed by atoms with Gasteiger partial charge in [0.25, 0.3) is 5.91 Å². The van der Waals surface area contributed by atoms with Crippen molar-refractivity contribution >= 4 is 28.9 Å². The molecule has 23 heavy (non-hydrogen) atoms. The van der Waals surface area contributed by atoms with Crippen LogP contribution in [0, 0.1) is 0 Å². The molecule has 0 bridgehead atoms. The molecule has 1 N–H and O–H groups in total. The van der Waals surface area contributed by atoms with Crippen LogP contribution in [-0.2, 0) is 6.42 Å². The first-order chi connectivity index (χ1) is 11.2. The largest absolute Gasteiger partial charge is 0.456 e. The average Bonchev–Trinajstić information content (AvgIpc) is 3.05. The number of carbonyl (C=O) groups excluding carboxylic acids is 1. The normalized spacial score (nSPS) is 14.8. The van der Waals surface area contributed by atoms with Gasteiger partial charge in [-0.2, -0.15) is 0 Å². The van der Waals surface area contributed by atoms with E-state index in [4.69, 9.17) is 16.0 Å². The van der Waals surface area contributed by atoms with Crippen LogP contribution in [0.4, 0.5) is 11.4 Å². The van der Waals surface area contributed by atoms with Gasteiger partial charge < -0.3 is 14.6 Å². The number of aryl methyl sites for hydroxylation is 1. The Kier molecular flexibility index (Phi) is 4.91. The molecule has 1 aliphatic rings. The highest BCUT2D eigenvalue weighted by atomic mass is 35.5. The topological polar surface area (TPSA) is 45.5 Å². The number of furan rings is 1. The highest BCUT2D eigenvalue weighted by Crippen LogP contribution is 2.31. The van der Waals surface area contributed by atoms with Gasteiger partial charge in [0.1, 0.15) is 5.76 Å². The van der Waals surface area contributed by atoms with E-state index in [2.05, 4.69) is 10.2 Å². The fourth-order valence-corrected chi connectivity index (χ4v) is 3.16. The van der Waals surface area contributed by atoms with Crippen molar-refractivity contribution < 1.29 is 9.21 Å². The highest BCUT2D eigenvalue weighted by Gasteiger charge is 2.15. The third-order valence-electron chi connectivity index (χ3n) is 4.14. The van der Waals surface area contributed by atoms with Gasteiger partial charge >= 0.3 is 0 Å². The number of anilines is 2. The lowest BCUT2D eigenvalue weighted by Crippen LogP contribution is -2.29. The minimum Gasteiger partial charge on any atom is -0.456 e. The molecule has 0 aliphatic carbocycles. The molecule has 1 aliphatic heterocycles. The summed E-state index contributed by atoms with van der Waals surface area (Å²) in [4.78, 5) is 14.5. The van der Waals surface area contributed by atoms with Crippen molar-refractivity contribution in [3.8, 4) is 0 Å². The molecule has 3 rings (SSSR count). The zero-order chi connectivity index (χ0) is 16.2. The Morgan fingerprint density at radius 1 is 1.22 bits per heavy atom. The third-order valence-corrected chi connectivity index (χ3v) is 4.44. The predicted octanol–water partition coefficient (Wildman–Crippen LogP) is 4.74. The van der Waals surface area contributed by atoms with E-state index >= 15 is 0 Å². The quantitative estimate of drug-likeness (QED) is 0.879. The van der Waals surface area contributed by atoms with Crippen LogP contribution in [0.5, 0.6) is 0 Å². The Hall–Kier alpha value is -1.94. The number of nitrogens with one attached hydrogen (secondary N) is 1. The molecule has 4 nitrogen and oxygen atoms in total. The average molecular weight is 333 g/mol. The molecule has 0 unspecified atom stereocenters. The van der Waals surface area contributed by atoms with Crippen LogP contribution in [0.15, 0.2) is 34.7 Å². The lowest BCUT2D eigenvalue weighted by molar-refractivity contribution is 0.0995. The minimum absolute atomic E-state index is 0.258. The number of hydrogen-bond acceptors (Lipinski definition) is 3. The van der Waals surface area contributed by atoms with E-state index in [0.717, 1.165) is 31.0 Å². The predicted molar refractivity (Wildman–Crippen MR) is 93.6 cm³/mol. The zero-order valence-corrected chi connectivity index (χ0v) is 14.0. The third kappa shape index (κ3) is 3.70. The SMILES string of the molecule is CCc1ccc(C(=O)Nc2ccc(N3CCCCC3)c(Cl)c2)o1. The second kappa shape index (κ2) is 7.09. The highest BCUT2D eigenvalue weighted by molar-refractivity contribution is 6.33. The van der Waals surface area contributed by atoms with Gasteiger partial charge in [-0.05, 0) is 49.6 Å². The molecule has 122 valence electrons. The fraction of sp³-hybridized carbons (Fsp3) is 0.389. The van der Waals surface area contributed by atoms with Gasteiger partial charge in [0.05, 0.1) is 10.7 Å². The summed E-state index contributed by atoms with van der Waals surface area (Å²) in [5.41, 5.74) is 1.71. The number of nitrogens with zero attached hydrogens (tertiary/aromatic N) is 1. The number of carbonyl (C=O) groups is 1. The van der Waals surface area contributed by atoms with Crippen LogP contribution >= 0.6 is 11.6 Å². The summed E-state index contributed by atoms with van der Waals surface area (Å²) in [6.07, 6.45) is 4.45. The molecular formula is C18H21ClN2O2. The molecule has 1 saturated heterocycles. The molecule has 1 aromatic carbocycles. The van der Waals surface area contributed by atoms with Gasteiger partial charge in [0.15, 0.2) is 5.76 Å². The molecule has 0 spiro atoms. The lowest BCUT2D eigenvalue weighted by Gasteiger charge is -2.29. The number of hydrogen-bond donors (Lipinski definition) is 1. The van der Waals surface area contributed by atoms with E-state index in [1.165, 1.54) is 19.3 Å². The molecule has 1 aromatic heterocycles. The van der Waals surface area contributed by atoms with E-state index in [1.807, 2.05) is 25.1 Å².